The maximum Gasteiger partial charge on any atom is 0.310 e. The van der Waals surface area contributed by atoms with Crippen molar-refractivity contribution in [3.05, 3.63) is 33.8 Å². The zero-order chi connectivity index (χ0) is 12.8. The van der Waals surface area contributed by atoms with Crippen LogP contribution in [0.3, 0.4) is 0 Å². The van der Waals surface area contributed by atoms with Crippen LogP contribution in [0.15, 0.2) is 22.7 Å². The van der Waals surface area contributed by atoms with Crippen LogP contribution in [0.25, 0.3) is 0 Å². The average Bonchev–Trinajstić information content (AvgIpc) is 2.33. The first-order chi connectivity index (χ1) is 8.08. The van der Waals surface area contributed by atoms with Gasteiger partial charge in [0.2, 0.25) is 0 Å². The number of benzene rings is 1. The molecule has 1 rings (SSSR count). The van der Waals surface area contributed by atoms with E-state index < -0.39 is 0 Å². The summed E-state index contributed by atoms with van der Waals surface area (Å²) in [6.45, 7) is 0. The number of hydrogen-bond acceptors (Lipinski definition) is 3. The number of alkyl halides is 1. The maximum absolute atomic E-state index is 11.3. The Morgan fingerprint density at radius 1 is 1.29 bits per heavy atom. The molecule has 0 heterocycles. The highest BCUT2D eigenvalue weighted by Crippen LogP contribution is 2.23. The van der Waals surface area contributed by atoms with Crippen molar-refractivity contribution in [1.82, 2.24) is 0 Å². The fraction of sp³-hybridized carbons (Fsp3) is 0.333. The molecule has 0 unspecified atom stereocenters. The third-order valence-corrected chi connectivity index (χ3v) is 3.57. The summed E-state index contributed by atoms with van der Waals surface area (Å²) in [6, 6.07) is 5.45. The van der Waals surface area contributed by atoms with Crippen LogP contribution in [0, 0.1) is 0 Å². The van der Waals surface area contributed by atoms with Crippen molar-refractivity contribution in [2.24, 2.45) is 0 Å². The van der Waals surface area contributed by atoms with Gasteiger partial charge in [0.15, 0.2) is 5.78 Å². The predicted octanol–water partition coefficient (Wildman–Crippen LogP) is 2.52. The zero-order valence-corrected chi connectivity index (χ0v) is 11.7. The molecular weight excluding hydrogens is 307 g/mol. The molecule has 5 heteroatoms. The van der Waals surface area contributed by atoms with Crippen LogP contribution < -0.4 is 0 Å². The van der Waals surface area contributed by atoms with E-state index in [2.05, 4.69) is 20.7 Å². The second kappa shape index (κ2) is 6.77. The lowest BCUT2D eigenvalue weighted by atomic mass is 10.0. The highest BCUT2D eigenvalue weighted by atomic mass is 79.9. The van der Waals surface area contributed by atoms with E-state index in [1.165, 1.54) is 7.11 Å². The summed E-state index contributed by atoms with van der Waals surface area (Å²) < 4.78 is 5.37. The lowest BCUT2D eigenvalue weighted by molar-refractivity contribution is -0.139. The fourth-order valence-electron chi connectivity index (χ4n) is 1.39. The lowest BCUT2D eigenvalue weighted by Crippen LogP contribution is -2.08. The van der Waals surface area contributed by atoms with E-state index in [4.69, 9.17) is 11.6 Å². The van der Waals surface area contributed by atoms with Crippen LogP contribution in [-0.2, 0) is 27.2 Å². The monoisotopic (exact) mass is 318 g/mol. The summed E-state index contributed by atoms with van der Waals surface area (Å²) in [5, 5.41) is 0. The molecule has 0 aliphatic heterocycles. The highest BCUT2D eigenvalue weighted by Gasteiger charge is 2.11. The quantitative estimate of drug-likeness (QED) is 0.619. The van der Waals surface area contributed by atoms with Gasteiger partial charge in [0, 0.05) is 10.9 Å². The van der Waals surface area contributed by atoms with Gasteiger partial charge in [-0.25, -0.2) is 0 Å². The van der Waals surface area contributed by atoms with Gasteiger partial charge < -0.3 is 4.74 Å². The number of rotatable bonds is 5. The molecule has 92 valence electrons. The second-order valence-corrected chi connectivity index (χ2v) is 4.55. The Bertz CT molecular complexity index is 396. The predicted molar refractivity (Wildman–Crippen MR) is 69.3 cm³/mol. The molecule has 1 aromatic rings. The minimum atomic E-state index is -0.313. The first-order valence-electron chi connectivity index (χ1n) is 4.99. The summed E-state index contributed by atoms with van der Waals surface area (Å²) in [4.78, 5) is 22.5. The molecule has 0 aliphatic rings. The van der Waals surface area contributed by atoms with Crippen LogP contribution in [0.4, 0.5) is 0 Å². The summed E-state index contributed by atoms with van der Waals surface area (Å²) >= 11 is 8.86. The molecule has 0 spiro atoms. The van der Waals surface area contributed by atoms with Crippen LogP contribution in [-0.4, -0.2) is 24.7 Å². The molecule has 0 aromatic heterocycles. The molecule has 1 aromatic carbocycles. The molecule has 0 saturated carbocycles. The minimum absolute atomic E-state index is 0.00628. The Balaban J connectivity index is 2.91. The van der Waals surface area contributed by atoms with Crippen molar-refractivity contribution in [2.45, 2.75) is 12.8 Å². The number of Topliss-reactive ketones (excluding diaryl/α,β-unsaturated/α-hetero) is 1. The largest absolute Gasteiger partial charge is 0.469 e. The van der Waals surface area contributed by atoms with Crippen LogP contribution in [0.1, 0.15) is 11.1 Å². The van der Waals surface area contributed by atoms with Crippen molar-refractivity contribution >= 4 is 39.3 Å². The molecule has 0 saturated heterocycles. The van der Waals surface area contributed by atoms with E-state index in [0.717, 1.165) is 15.6 Å². The van der Waals surface area contributed by atoms with Crippen molar-refractivity contribution in [3.63, 3.8) is 0 Å². The number of ketones is 1. The number of ether oxygens (including phenoxy) is 1. The molecule has 0 aliphatic carbocycles. The molecule has 0 amide bonds. The molecule has 0 bridgehead atoms. The lowest BCUT2D eigenvalue weighted by Gasteiger charge is -2.08. The van der Waals surface area contributed by atoms with E-state index >= 15 is 0 Å². The van der Waals surface area contributed by atoms with Gasteiger partial charge in [-0.3, -0.25) is 9.59 Å². The van der Waals surface area contributed by atoms with Crippen LogP contribution in [0.5, 0.6) is 0 Å². The van der Waals surface area contributed by atoms with Gasteiger partial charge in [-0.2, -0.15) is 0 Å². The first-order valence-corrected chi connectivity index (χ1v) is 6.32. The molecular formula is C12H12BrClO3. The van der Waals surface area contributed by atoms with E-state index in [1.54, 1.807) is 6.07 Å². The Morgan fingerprint density at radius 2 is 1.88 bits per heavy atom. The normalized spacial score (nSPS) is 10.1. The van der Waals surface area contributed by atoms with Crippen molar-refractivity contribution in [2.75, 3.05) is 13.0 Å². The summed E-state index contributed by atoms with van der Waals surface area (Å²) in [5.41, 5.74) is 1.63. The maximum atomic E-state index is 11.3. The van der Waals surface area contributed by atoms with E-state index in [0.29, 0.717) is 0 Å². The number of halogens is 2. The molecule has 17 heavy (non-hydrogen) atoms. The number of hydrogen-bond donors (Lipinski definition) is 0. The first kappa shape index (κ1) is 14.2. The second-order valence-electron chi connectivity index (χ2n) is 3.49. The smallest absolute Gasteiger partial charge is 0.310 e. The van der Waals surface area contributed by atoms with Gasteiger partial charge >= 0.3 is 5.97 Å². The van der Waals surface area contributed by atoms with E-state index in [9.17, 15) is 9.59 Å². The van der Waals surface area contributed by atoms with Gasteiger partial charge in [0.05, 0.1) is 19.4 Å². The molecule has 0 atom stereocenters. The number of carbonyl (C=O) groups excluding carboxylic acids is 2. The third-order valence-electron chi connectivity index (χ3n) is 2.26. The molecule has 3 nitrogen and oxygen atoms in total. The fourth-order valence-corrected chi connectivity index (χ4v) is 2.03. The Kier molecular flexibility index (Phi) is 5.65. The minimum Gasteiger partial charge on any atom is -0.469 e. The summed E-state index contributed by atoms with van der Waals surface area (Å²) in [6.07, 6.45) is 0.444. The molecule has 0 radical (unpaired) electrons. The molecule has 0 N–H and O–H groups in total. The zero-order valence-electron chi connectivity index (χ0n) is 9.33. The SMILES string of the molecule is COC(=O)Cc1cccc(CC(=O)CCl)c1Br. The van der Waals surface area contributed by atoms with Gasteiger partial charge in [0.25, 0.3) is 0 Å². The highest BCUT2D eigenvalue weighted by molar-refractivity contribution is 9.10. The Labute approximate surface area is 113 Å². The van der Waals surface area contributed by atoms with Gasteiger partial charge in [0.1, 0.15) is 0 Å². The van der Waals surface area contributed by atoms with Crippen molar-refractivity contribution in [3.8, 4) is 0 Å². The number of esters is 1. The topological polar surface area (TPSA) is 43.4 Å². The van der Waals surface area contributed by atoms with Crippen LogP contribution >= 0.6 is 27.5 Å². The summed E-state index contributed by atoms with van der Waals surface area (Å²) in [5.74, 6) is -0.373. The summed E-state index contributed by atoms with van der Waals surface area (Å²) in [7, 11) is 1.34. The average molecular weight is 320 g/mol. The molecule has 0 fully saturated rings. The van der Waals surface area contributed by atoms with Gasteiger partial charge in [-0.15, -0.1) is 11.6 Å². The van der Waals surface area contributed by atoms with Gasteiger partial charge in [-0.05, 0) is 11.1 Å². The van der Waals surface area contributed by atoms with Gasteiger partial charge in [-0.1, -0.05) is 34.1 Å². The van der Waals surface area contributed by atoms with E-state index in [1.807, 2.05) is 12.1 Å². The standard InChI is InChI=1S/C12H12BrClO3/c1-17-11(16)6-9-4-2-3-8(12(9)13)5-10(15)7-14/h2-4H,5-7H2,1H3. The van der Waals surface area contributed by atoms with E-state index in [-0.39, 0.29) is 30.5 Å². The van der Waals surface area contributed by atoms with Crippen molar-refractivity contribution in [1.29, 1.82) is 0 Å². The van der Waals surface area contributed by atoms with Crippen LogP contribution in [0.2, 0.25) is 0 Å². The van der Waals surface area contributed by atoms with Crippen molar-refractivity contribution < 1.29 is 14.3 Å². The number of carbonyl (C=O) groups is 2. The Morgan fingerprint density at radius 3 is 2.41 bits per heavy atom. The Hall–Kier alpha value is -0.870. The number of methoxy groups -OCH3 is 1. The third kappa shape index (κ3) is 4.13.